The maximum absolute atomic E-state index is 9.83. The first-order valence-electron chi connectivity index (χ1n) is 4.20. The molecule has 0 aromatic heterocycles. The summed E-state index contributed by atoms with van der Waals surface area (Å²) >= 11 is 0. The average Bonchev–Trinajstić information content (AvgIpc) is 1.87. The third kappa shape index (κ3) is 7.53. The number of aliphatic hydroxyl groups excluding tert-OH is 1. The van der Waals surface area contributed by atoms with Gasteiger partial charge in [-0.2, -0.15) is 0 Å². The Morgan fingerprint density at radius 1 is 1.36 bits per heavy atom. The minimum atomic E-state index is -0.466. The molecule has 2 heteroatoms. The summed E-state index contributed by atoms with van der Waals surface area (Å²) < 4.78 is 0. The van der Waals surface area contributed by atoms with E-state index in [0.717, 1.165) is 19.3 Å². The van der Waals surface area contributed by atoms with Crippen molar-refractivity contribution in [3.8, 4) is 0 Å². The van der Waals surface area contributed by atoms with Crippen LogP contribution in [0.3, 0.4) is 0 Å². The summed E-state index contributed by atoms with van der Waals surface area (Å²) in [4.78, 5) is 9.83. The van der Waals surface area contributed by atoms with Crippen molar-refractivity contribution in [2.75, 3.05) is 0 Å². The minimum absolute atomic E-state index is 0.165. The van der Waals surface area contributed by atoms with E-state index in [1.165, 1.54) is 0 Å². The quantitative estimate of drug-likeness (QED) is 0.636. The lowest BCUT2D eigenvalue weighted by atomic mass is 10.0. The zero-order valence-corrected chi connectivity index (χ0v) is 7.34. The molecule has 1 N–H and O–H groups in total. The molecule has 1 atom stereocenters. The van der Waals surface area contributed by atoms with Crippen LogP contribution in [0.15, 0.2) is 0 Å². The second-order valence-electron chi connectivity index (χ2n) is 3.33. The summed E-state index contributed by atoms with van der Waals surface area (Å²) in [5.41, 5.74) is 0. The summed E-state index contributed by atoms with van der Waals surface area (Å²) in [6.07, 6.45) is 4.25. The fraction of sp³-hybridized carbons (Fsp3) is 0.889. The van der Waals surface area contributed by atoms with Gasteiger partial charge < -0.3 is 5.11 Å². The standard InChI is InChI=1S/C9H17O2/c1-8(2)4-3-5-9(11)6-7-10/h8-9,11H,3-6H2,1-2H3. The molecule has 0 aliphatic carbocycles. The molecule has 0 aromatic carbocycles. The van der Waals surface area contributed by atoms with Gasteiger partial charge in [0.15, 0.2) is 0 Å². The molecule has 0 fully saturated rings. The highest BCUT2D eigenvalue weighted by atomic mass is 16.3. The Bertz CT molecular complexity index is 99.7. The molecular formula is C9H17O2. The van der Waals surface area contributed by atoms with Crippen molar-refractivity contribution in [1.29, 1.82) is 0 Å². The number of hydrogen-bond donors (Lipinski definition) is 1. The molecule has 65 valence electrons. The molecule has 0 aliphatic heterocycles. The van der Waals surface area contributed by atoms with Gasteiger partial charge in [-0.25, -0.2) is 0 Å². The smallest absolute Gasteiger partial charge is 0.201 e. The maximum atomic E-state index is 9.83. The van der Waals surface area contributed by atoms with Crippen molar-refractivity contribution < 1.29 is 9.90 Å². The van der Waals surface area contributed by atoms with E-state index in [1.54, 1.807) is 6.29 Å². The van der Waals surface area contributed by atoms with Crippen LogP contribution in [0.25, 0.3) is 0 Å². The van der Waals surface area contributed by atoms with Crippen LogP contribution in [-0.4, -0.2) is 17.5 Å². The van der Waals surface area contributed by atoms with Crippen molar-refractivity contribution in [2.45, 2.75) is 45.6 Å². The Morgan fingerprint density at radius 2 is 2.00 bits per heavy atom. The molecule has 0 rings (SSSR count). The Kier molecular flexibility index (Phi) is 6.13. The highest BCUT2D eigenvalue weighted by molar-refractivity contribution is 5.51. The molecule has 0 spiro atoms. The lowest BCUT2D eigenvalue weighted by Crippen LogP contribution is -2.06. The van der Waals surface area contributed by atoms with Crippen LogP contribution in [-0.2, 0) is 4.79 Å². The van der Waals surface area contributed by atoms with E-state index >= 15 is 0 Å². The van der Waals surface area contributed by atoms with Gasteiger partial charge in [0.05, 0.1) is 6.10 Å². The molecule has 2 nitrogen and oxygen atoms in total. The van der Waals surface area contributed by atoms with Crippen molar-refractivity contribution in [2.24, 2.45) is 5.92 Å². The topological polar surface area (TPSA) is 37.3 Å². The molecule has 0 saturated heterocycles. The second kappa shape index (κ2) is 6.35. The fourth-order valence-electron chi connectivity index (χ4n) is 0.960. The molecular weight excluding hydrogens is 140 g/mol. The summed E-state index contributed by atoms with van der Waals surface area (Å²) in [5, 5.41) is 9.10. The van der Waals surface area contributed by atoms with Gasteiger partial charge in [0.25, 0.3) is 0 Å². The van der Waals surface area contributed by atoms with Gasteiger partial charge in [0.2, 0.25) is 6.29 Å². The molecule has 0 heterocycles. The number of aliphatic hydroxyl groups is 1. The zero-order valence-electron chi connectivity index (χ0n) is 7.34. The van der Waals surface area contributed by atoms with E-state index < -0.39 is 6.10 Å². The molecule has 11 heavy (non-hydrogen) atoms. The third-order valence-electron chi connectivity index (χ3n) is 1.64. The average molecular weight is 157 g/mol. The molecule has 0 aliphatic rings. The van der Waals surface area contributed by atoms with Crippen LogP contribution >= 0.6 is 0 Å². The van der Waals surface area contributed by atoms with E-state index in [2.05, 4.69) is 13.8 Å². The van der Waals surface area contributed by atoms with Gasteiger partial charge >= 0.3 is 0 Å². The van der Waals surface area contributed by atoms with Gasteiger partial charge in [-0.15, -0.1) is 0 Å². The van der Waals surface area contributed by atoms with Gasteiger partial charge in [-0.3, -0.25) is 4.79 Å². The fourth-order valence-corrected chi connectivity index (χ4v) is 0.960. The maximum Gasteiger partial charge on any atom is 0.201 e. The van der Waals surface area contributed by atoms with Gasteiger partial charge in [-0.1, -0.05) is 26.7 Å². The van der Waals surface area contributed by atoms with E-state index in [9.17, 15) is 4.79 Å². The number of rotatable bonds is 6. The van der Waals surface area contributed by atoms with E-state index in [-0.39, 0.29) is 6.42 Å². The zero-order chi connectivity index (χ0) is 8.69. The predicted octanol–water partition coefficient (Wildman–Crippen LogP) is 1.67. The van der Waals surface area contributed by atoms with Crippen LogP contribution in [0.2, 0.25) is 0 Å². The van der Waals surface area contributed by atoms with Crippen LogP contribution in [0, 0.1) is 5.92 Å². The third-order valence-corrected chi connectivity index (χ3v) is 1.64. The Morgan fingerprint density at radius 3 is 2.45 bits per heavy atom. The van der Waals surface area contributed by atoms with Crippen LogP contribution in [0.4, 0.5) is 0 Å². The van der Waals surface area contributed by atoms with Crippen molar-refractivity contribution >= 4 is 6.29 Å². The first kappa shape index (κ1) is 10.6. The summed E-state index contributed by atoms with van der Waals surface area (Å²) in [6.45, 7) is 4.30. The molecule has 0 amide bonds. The van der Waals surface area contributed by atoms with Gasteiger partial charge in [0, 0.05) is 6.42 Å². The van der Waals surface area contributed by atoms with E-state index in [1.807, 2.05) is 0 Å². The normalized spacial score (nSPS) is 13.5. The SMILES string of the molecule is CC(C)CCCC(O)C[C]=O. The molecule has 0 bridgehead atoms. The second-order valence-corrected chi connectivity index (χ2v) is 3.33. The first-order valence-corrected chi connectivity index (χ1v) is 4.20. The van der Waals surface area contributed by atoms with Crippen LogP contribution in [0.1, 0.15) is 39.5 Å². The monoisotopic (exact) mass is 157 g/mol. The van der Waals surface area contributed by atoms with Gasteiger partial charge in [0.1, 0.15) is 0 Å². The summed E-state index contributed by atoms with van der Waals surface area (Å²) in [6, 6.07) is 0. The molecule has 0 saturated carbocycles. The first-order chi connectivity index (χ1) is 5.16. The Hall–Kier alpha value is -0.370. The van der Waals surface area contributed by atoms with Crippen LogP contribution in [0.5, 0.6) is 0 Å². The number of hydrogen-bond acceptors (Lipinski definition) is 2. The molecule has 1 unspecified atom stereocenters. The van der Waals surface area contributed by atoms with Gasteiger partial charge in [-0.05, 0) is 12.3 Å². The van der Waals surface area contributed by atoms with Crippen molar-refractivity contribution in [3.05, 3.63) is 0 Å². The largest absolute Gasteiger partial charge is 0.393 e. The van der Waals surface area contributed by atoms with Crippen molar-refractivity contribution in [1.82, 2.24) is 0 Å². The highest BCUT2D eigenvalue weighted by Gasteiger charge is 2.03. The van der Waals surface area contributed by atoms with E-state index in [0.29, 0.717) is 5.92 Å². The summed E-state index contributed by atoms with van der Waals surface area (Å²) in [7, 11) is 0. The predicted molar refractivity (Wildman–Crippen MR) is 45.0 cm³/mol. The molecule has 1 radical (unpaired) electrons. The summed E-state index contributed by atoms with van der Waals surface area (Å²) in [5.74, 6) is 0.683. The minimum Gasteiger partial charge on any atom is -0.393 e. The highest BCUT2D eigenvalue weighted by Crippen LogP contribution is 2.09. The Labute approximate surface area is 68.6 Å². The van der Waals surface area contributed by atoms with E-state index in [4.69, 9.17) is 5.11 Å². The van der Waals surface area contributed by atoms with Crippen LogP contribution < -0.4 is 0 Å². The molecule has 0 aromatic rings. The lowest BCUT2D eigenvalue weighted by Gasteiger charge is -2.07. The number of carbonyl (C=O) groups excluding carboxylic acids is 1. The van der Waals surface area contributed by atoms with Crippen molar-refractivity contribution in [3.63, 3.8) is 0 Å². The Balaban J connectivity index is 3.16. The lowest BCUT2D eigenvalue weighted by molar-refractivity contribution is 0.166.